The lowest BCUT2D eigenvalue weighted by atomic mass is 9.93. The van der Waals surface area contributed by atoms with Gasteiger partial charge in [0, 0.05) is 11.3 Å². The molecule has 3 nitrogen and oxygen atoms in total. The number of carbonyl (C=O) groups excluding carboxylic acids is 1. The predicted octanol–water partition coefficient (Wildman–Crippen LogP) is 2.85. The molecule has 2 aliphatic rings. The van der Waals surface area contributed by atoms with Gasteiger partial charge in [-0.25, -0.2) is 0 Å². The van der Waals surface area contributed by atoms with Crippen molar-refractivity contribution in [3.05, 3.63) is 0 Å². The fourth-order valence-corrected chi connectivity index (χ4v) is 4.20. The van der Waals surface area contributed by atoms with Crippen molar-refractivity contribution >= 4 is 17.7 Å². The fourth-order valence-electron chi connectivity index (χ4n) is 3.46. The maximum atomic E-state index is 12.6. The Morgan fingerprint density at radius 3 is 2.42 bits per heavy atom. The second-order valence-corrected chi connectivity index (χ2v) is 7.36. The van der Waals surface area contributed by atoms with Crippen LogP contribution in [0.3, 0.4) is 0 Å². The van der Waals surface area contributed by atoms with Crippen LogP contribution >= 0.6 is 11.8 Å². The van der Waals surface area contributed by atoms with Gasteiger partial charge in [-0.3, -0.25) is 10.1 Å². The van der Waals surface area contributed by atoms with E-state index in [0.717, 1.165) is 11.7 Å². The average Bonchev–Trinajstić information content (AvgIpc) is 2.76. The number of hydrogen-bond donors (Lipinski definition) is 1. The first-order valence-corrected chi connectivity index (χ1v) is 8.98. The Labute approximate surface area is 121 Å². The first kappa shape index (κ1) is 15.2. The van der Waals surface area contributed by atoms with Crippen molar-refractivity contribution in [2.24, 2.45) is 5.92 Å². The zero-order valence-electron chi connectivity index (χ0n) is 12.7. The third-order valence-electron chi connectivity index (χ3n) is 4.65. The highest BCUT2D eigenvalue weighted by atomic mass is 32.2. The molecule has 0 aromatic carbocycles. The summed E-state index contributed by atoms with van der Waals surface area (Å²) in [6, 6.07) is 0.500. The summed E-state index contributed by atoms with van der Waals surface area (Å²) in [5.74, 6) is 0.725. The van der Waals surface area contributed by atoms with Crippen molar-refractivity contribution in [1.82, 2.24) is 10.2 Å². The molecule has 2 atom stereocenters. The van der Waals surface area contributed by atoms with Crippen LogP contribution in [-0.4, -0.2) is 40.6 Å². The Morgan fingerprint density at radius 2 is 1.95 bits per heavy atom. The van der Waals surface area contributed by atoms with E-state index in [0.29, 0.717) is 17.9 Å². The summed E-state index contributed by atoms with van der Waals surface area (Å²) in [6.07, 6.45) is 8.36. The average molecular weight is 284 g/mol. The Morgan fingerprint density at radius 1 is 1.32 bits per heavy atom. The minimum absolute atomic E-state index is 0.0308. The quantitative estimate of drug-likeness (QED) is 0.861. The van der Waals surface area contributed by atoms with E-state index in [-0.39, 0.29) is 12.2 Å². The summed E-state index contributed by atoms with van der Waals surface area (Å²) in [4.78, 5) is 14.8. The minimum Gasteiger partial charge on any atom is -0.323 e. The van der Waals surface area contributed by atoms with Gasteiger partial charge >= 0.3 is 0 Å². The monoisotopic (exact) mass is 284 g/mol. The van der Waals surface area contributed by atoms with E-state index in [1.165, 1.54) is 25.7 Å². The first-order chi connectivity index (χ1) is 9.08. The van der Waals surface area contributed by atoms with Crippen molar-refractivity contribution in [3.63, 3.8) is 0 Å². The third kappa shape index (κ3) is 3.10. The van der Waals surface area contributed by atoms with Crippen LogP contribution in [-0.2, 0) is 4.79 Å². The number of hydrogen-bond acceptors (Lipinski definition) is 3. The Balaban J connectivity index is 2.03. The van der Waals surface area contributed by atoms with Crippen LogP contribution in [0.15, 0.2) is 0 Å². The number of nitrogens with one attached hydrogen (secondary N) is 1. The van der Waals surface area contributed by atoms with Gasteiger partial charge in [-0.15, -0.1) is 0 Å². The zero-order chi connectivity index (χ0) is 14.0. The van der Waals surface area contributed by atoms with E-state index in [2.05, 4.69) is 37.2 Å². The van der Waals surface area contributed by atoms with Gasteiger partial charge in [-0.1, -0.05) is 20.8 Å². The maximum Gasteiger partial charge on any atom is 0.241 e. The summed E-state index contributed by atoms with van der Waals surface area (Å²) >= 11 is 1.98. The highest BCUT2D eigenvalue weighted by Gasteiger charge is 2.43. The zero-order valence-corrected chi connectivity index (χ0v) is 13.5. The summed E-state index contributed by atoms with van der Waals surface area (Å²) in [5.41, 5.74) is 0. The second kappa shape index (κ2) is 6.49. The van der Waals surface area contributed by atoms with Crippen LogP contribution in [0.1, 0.15) is 52.9 Å². The number of amides is 1. The van der Waals surface area contributed by atoms with Crippen molar-refractivity contribution < 1.29 is 4.79 Å². The van der Waals surface area contributed by atoms with Crippen LogP contribution in [0.4, 0.5) is 0 Å². The van der Waals surface area contributed by atoms with Crippen LogP contribution < -0.4 is 5.32 Å². The summed E-state index contributed by atoms with van der Waals surface area (Å²) in [7, 11) is 0. The Bertz CT molecular complexity index is 313. The molecule has 1 N–H and O–H groups in total. The molecule has 1 saturated heterocycles. The highest BCUT2D eigenvalue weighted by molar-refractivity contribution is 7.99. The molecule has 110 valence electrons. The SMILES string of the molecule is CCC1NC(C(C)C)C(=O)N1C1CCC(SC)CC1. The molecule has 1 saturated carbocycles. The van der Waals surface area contributed by atoms with Crippen LogP contribution in [0, 0.1) is 5.92 Å². The van der Waals surface area contributed by atoms with Gasteiger partial charge in [-0.2, -0.15) is 11.8 Å². The number of nitrogens with zero attached hydrogens (tertiary/aromatic N) is 1. The molecule has 0 spiro atoms. The molecule has 2 rings (SSSR count). The fraction of sp³-hybridized carbons (Fsp3) is 0.933. The molecule has 0 radical (unpaired) electrons. The summed E-state index contributed by atoms with van der Waals surface area (Å²) < 4.78 is 0. The van der Waals surface area contributed by atoms with Crippen molar-refractivity contribution in [2.75, 3.05) is 6.26 Å². The van der Waals surface area contributed by atoms with E-state index in [9.17, 15) is 4.79 Å². The lowest BCUT2D eigenvalue weighted by molar-refractivity contribution is -0.133. The van der Waals surface area contributed by atoms with E-state index in [4.69, 9.17) is 0 Å². The van der Waals surface area contributed by atoms with Crippen LogP contribution in [0.2, 0.25) is 0 Å². The van der Waals surface area contributed by atoms with Gasteiger partial charge < -0.3 is 4.90 Å². The first-order valence-electron chi connectivity index (χ1n) is 7.69. The lowest BCUT2D eigenvalue weighted by Gasteiger charge is -2.37. The molecule has 1 aliphatic carbocycles. The van der Waals surface area contributed by atoms with E-state index in [1.54, 1.807) is 0 Å². The van der Waals surface area contributed by atoms with Crippen LogP contribution in [0.5, 0.6) is 0 Å². The molecule has 0 aromatic rings. The van der Waals surface area contributed by atoms with Crippen molar-refractivity contribution in [1.29, 1.82) is 0 Å². The number of thioether (sulfide) groups is 1. The van der Waals surface area contributed by atoms with E-state index >= 15 is 0 Å². The van der Waals surface area contributed by atoms with Crippen molar-refractivity contribution in [3.8, 4) is 0 Å². The predicted molar refractivity (Wildman–Crippen MR) is 82.2 cm³/mol. The van der Waals surface area contributed by atoms with Gasteiger partial charge in [0.1, 0.15) is 0 Å². The molecule has 4 heteroatoms. The molecule has 2 fully saturated rings. The molecule has 19 heavy (non-hydrogen) atoms. The highest BCUT2D eigenvalue weighted by Crippen LogP contribution is 2.33. The second-order valence-electron chi connectivity index (χ2n) is 6.22. The van der Waals surface area contributed by atoms with Gasteiger partial charge in [-0.05, 0) is 44.3 Å². The van der Waals surface area contributed by atoms with Gasteiger partial charge in [0.2, 0.25) is 5.91 Å². The molecule has 1 amide bonds. The van der Waals surface area contributed by atoms with Gasteiger partial charge in [0.05, 0.1) is 12.2 Å². The summed E-state index contributed by atoms with van der Waals surface area (Å²) in [6.45, 7) is 6.45. The Hall–Kier alpha value is -0.220. The lowest BCUT2D eigenvalue weighted by Crippen LogP contribution is -2.46. The van der Waals surface area contributed by atoms with E-state index in [1.807, 2.05) is 11.8 Å². The van der Waals surface area contributed by atoms with E-state index < -0.39 is 0 Å². The normalized spacial score (nSPS) is 36.3. The van der Waals surface area contributed by atoms with Crippen molar-refractivity contribution in [2.45, 2.75) is 76.4 Å². The largest absolute Gasteiger partial charge is 0.323 e. The minimum atomic E-state index is 0.0308. The standard InChI is InChI=1S/C15H28N2OS/c1-5-13-16-14(10(2)3)15(18)17(13)11-6-8-12(19-4)9-7-11/h10-14,16H,5-9H2,1-4H3. The third-order valence-corrected chi connectivity index (χ3v) is 5.79. The molecule has 2 unspecified atom stereocenters. The molecule has 1 aliphatic heterocycles. The number of carbonyl (C=O) groups is 1. The Kier molecular flexibility index (Phi) is 5.18. The van der Waals surface area contributed by atoms with Crippen LogP contribution in [0.25, 0.3) is 0 Å². The number of rotatable bonds is 4. The molecular weight excluding hydrogens is 256 g/mol. The maximum absolute atomic E-state index is 12.6. The van der Waals surface area contributed by atoms with Gasteiger partial charge in [0.15, 0.2) is 0 Å². The van der Waals surface area contributed by atoms with Gasteiger partial charge in [0.25, 0.3) is 0 Å². The topological polar surface area (TPSA) is 32.3 Å². The molecule has 1 heterocycles. The molecule has 0 bridgehead atoms. The molecule has 0 aromatic heterocycles. The molecular formula is C15H28N2OS. The smallest absolute Gasteiger partial charge is 0.241 e. The summed E-state index contributed by atoms with van der Waals surface area (Å²) in [5, 5.41) is 4.34.